The van der Waals surface area contributed by atoms with Crippen molar-refractivity contribution in [3.8, 4) is 34.5 Å². The first-order valence-corrected chi connectivity index (χ1v) is 13.9. The summed E-state index contributed by atoms with van der Waals surface area (Å²) >= 11 is 0. The first kappa shape index (κ1) is 29.4. The highest BCUT2D eigenvalue weighted by atomic mass is 19.4. The summed E-state index contributed by atoms with van der Waals surface area (Å²) in [5.41, 5.74) is 1.99. The number of carboxylic acids is 1. The van der Waals surface area contributed by atoms with Crippen LogP contribution in [0.2, 0.25) is 0 Å². The van der Waals surface area contributed by atoms with Crippen LogP contribution in [-0.2, 0) is 4.79 Å². The third-order valence-electron chi connectivity index (χ3n) is 7.46. The summed E-state index contributed by atoms with van der Waals surface area (Å²) in [6.07, 6.45) is 2.17. The predicted octanol–water partition coefficient (Wildman–Crippen LogP) is 6.23. The zero-order valence-electron chi connectivity index (χ0n) is 23.0. The number of hydrogen-bond acceptors (Lipinski definition) is 8. The summed E-state index contributed by atoms with van der Waals surface area (Å²) in [4.78, 5) is 15.7. The summed E-state index contributed by atoms with van der Waals surface area (Å²) in [5, 5.41) is 17.2. The Morgan fingerprint density at radius 3 is 2.31 bits per heavy atom. The van der Waals surface area contributed by atoms with E-state index in [9.17, 15) is 23.1 Å². The molecule has 1 atom stereocenters. The van der Waals surface area contributed by atoms with Gasteiger partial charge >= 0.3 is 12.1 Å². The normalized spacial score (nSPS) is 19.5. The Kier molecular flexibility index (Phi) is 8.98. The number of aromatic nitrogens is 3. The summed E-state index contributed by atoms with van der Waals surface area (Å²) < 4.78 is 59.9. The molecule has 0 radical (unpaired) electrons. The van der Waals surface area contributed by atoms with E-state index in [0.717, 1.165) is 44.1 Å². The lowest BCUT2D eigenvalue weighted by molar-refractivity contribution is -0.154. The standard InChI is InChI=1S/C30H32F3N3O6/c1-39-22-8-9-23(25-10-11-27(36-35-25)40-17-30(31,32)33)26(15-22)41-20-4-6-21(7-5-20)42-28-14-19(12-13-34-28)24(16-29(37)38)18-2-3-18/h8-15,18,20-21,24H,2-7,16-17H2,1H3,(H,37,38)/t20-,21-,24?. The number of hydrogen-bond donors (Lipinski definition) is 1. The highest BCUT2D eigenvalue weighted by Crippen LogP contribution is 2.45. The number of benzene rings is 1. The van der Waals surface area contributed by atoms with Crippen LogP contribution in [0.4, 0.5) is 13.2 Å². The Morgan fingerprint density at radius 1 is 0.952 bits per heavy atom. The Balaban J connectivity index is 1.20. The number of methoxy groups -OCH3 is 1. The lowest BCUT2D eigenvalue weighted by Gasteiger charge is -2.30. The molecule has 0 saturated heterocycles. The molecule has 12 heteroatoms. The minimum atomic E-state index is -4.47. The lowest BCUT2D eigenvalue weighted by Crippen LogP contribution is -2.30. The van der Waals surface area contributed by atoms with E-state index in [0.29, 0.717) is 34.6 Å². The fourth-order valence-corrected chi connectivity index (χ4v) is 5.22. The molecular weight excluding hydrogens is 555 g/mol. The molecule has 2 aromatic heterocycles. The first-order chi connectivity index (χ1) is 20.2. The molecule has 42 heavy (non-hydrogen) atoms. The topological polar surface area (TPSA) is 113 Å². The number of carboxylic acid groups (broad SMARTS) is 1. The van der Waals surface area contributed by atoms with Crippen LogP contribution in [-0.4, -0.2) is 58.4 Å². The van der Waals surface area contributed by atoms with Crippen LogP contribution in [0.15, 0.2) is 48.7 Å². The average molecular weight is 588 g/mol. The van der Waals surface area contributed by atoms with Crippen molar-refractivity contribution in [1.82, 2.24) is 15.2 Å². The molecular formula is C30H32F3N3O6. The van der Waals surface area contributed by atoms with Crippen LogP contribution < -0.4 is 18.9 Å². The molecule has 9 nitrogen and oxygen atoms in total. The van der Waals surface area contributed by atoms with E-state index in [-0.39, 0.29) is 30.4 Å². The van der Waals surface area contributed by atoms with Crippen LogP contribution in [0, 0.1) is 5.92 Å². The second-order valence-corrected chi connectivity index (χ2v) is 10.6. The zero-order valence-corrected chi connectivity index (χ0v) is 23.0. The van der Waals surface area contributed by atoms with Gasteiger partial charge < -0.3 is 24.1 Å². The molecule has 1 N–H and O–H groups in total. The van der Waals surface area contributed by atoms with Gasteiger partial charge in [-0.2, -0.15) is 13.2 Å². The molecule has 1 aromatic carbocycles. The third kappa shape index (κ3) is 8.01. The fraction of sp³-hybridized carbons (Fsp3) is 0.467. The van der Waals surface area contributed by atoms with Gasteiger partial charge in [0.15, 0.2) is 6.61 Å². The van der Waals surface area contributed by atoms with Gasteiger partial charge in [0.05, 0.1) is 25.3 Å². The van der Waals surface area contributed by atoms with Gasteiger partial charge in [0.2, 0.25) is 11.8 Å². The second kappa shape index (κ2) is 12.8. The Morgan fingerprint density at radius 2 is 1.69 bits per heavy atom. The van der Waals surface area contributed by atoms with Crippen molar-refractivity contribution in [3.63, 3.8) is 0 Å². The maximum Gasteiger partial charge on any atom is 0.422 e. The molecule has 5 rings (SSSR count). The smallest absolute Gasteiger partial charge is 0.422 e. The number of carbonyl (C=O) groups is 1. The van der Waals surface area contributed by atoms with Gasteiger partial charge in [-0.3, -0.25) is 4.79 Å². The molecule has 0 amide bonds. The van der Waals surface area contributed by atoms with Gasteiger partial charge in [-0.15, -0.1) is 10.2 Å². The predicted molar refractivity (Wildman–Crippen MR) is 145 cm³/mol. The van der Waals surface area contributed by atoms with Gasteiger partial charge in [0.1, 0.15) is 17.6 Å². The van der Waals surface area contributed by atoms with E-state index in [4.69, 9.17) is 14.2 Å². The van der Waals surface area contributed by atoms with Gasteiger partial charge in [-0.1, -0.05) is 0 Å². The molecule has 0 bridgehead atoms. The molecule has 2 fully saturated rings. The van der Waals surface area contributed by atoms with Gasteiger partial charge in [0, 0.05) is 30.0 Å². The Labute approximate surface area is 241 Å². The number of pyridine rings is 1. The van der Waals surface area contributed by atoms with Gasteiger partial charge in [-0.05, 0) is 80.2 Å². The fourth-order valence-electron chi connectivity index (χ4n) is 5.22. The van der Waals surface area contributed by atoms with Crippen LogP contribution in [0.25, 0.3) is 11.3 Å². The molecule has 2 heterocycles. The van der Waals surface area contributed by atoms with Crippen LogP contribution in [0.1, 0.15) is 56.4 Å². The molecule has 0 aliphatic heterocycles. The molecule has 1 unspecified atom stereocenters. The van der Waals surface area contributed by atoms with Crippen molar-refractivity contribution in [2.75, 3.05) is 13.7 Å². The SMILES string of the molecule is COc1ccc(-c2ccc(OCC(F)(F)F)nn2)c(O[C@H]2CC[C@H](Oc3cc(C(CC(=O)O)C4CC4)ccn3)CC2)c1. The van der Waals surface area contributed by atoms with Crippen molar-refractivity contribution >= 4 is 5.97 Å². The number of nitrogens with zero attached hydrogens (tertiary/aromatic N) is 3. The van der Waals surface area contributed by atoms with E-state index >= 15 is 0 Å². The van der Waals surface area contributed by atoms with Crippen LogP contribution in [0.5, 0.6) is 23.3 Å². The van der Waals surface area contributed by atoms with E-state index in [1.165, 1.54) is 12.1 Å². The lowest BCUT2D eigenvalue weighted by atomic mass is 9.91. The van der Waals surface area contributed by atoms with E-state index in [1.807, 2.05) is 12.1 Å². The van der Waals surface area contributed by atoms with Crippen LogP contribution in [0.3, 0.4) is 0 Å². The molecule has 2 saturated carbocycles. The first-order valence-electron chi connectivity index (χ1n) is 13.9. The minimum absolute atomic E-state index is 0.0256. The van der Waals surface area contributed by atoms with Gasteiger partial charge in [-0.25, -0.2) is 4.98 Å². The number of ether oxygens (including phenoxy) is 4. The van der Waals surface area contributed by atoms with Crippen molar-refractivity contribution < 1.29 is 42.0 Å². The van der Waals surface area contributed by atoms with E-state index in [1.54, 1.807) is 31.5 Å². The second-order valence-electron chi connectivity index (χ2n) is 10.6. The number of alkyl halides is 3. The summed E-state index contributed by atoms with van der Waals surface area (Å²) in [5.74, 6) is 0.958. The highest BCUT2D eigenvalue weighted by molar-refractivity contribution is 5.69. The number of aliphatic carboxylic acids is 1. The number of rotatable bonds is 12. The van der Waals surface area contributed by atoms with E-state index in [2.05, 4.69) is 19.9 Å². The summed E-state index contributed by atoms with van der Waals surface area (Å²) in [6, 6.07) is 11.9. The van der Waals surface area contributed by atoms with Gasteiger partial charge in [0.25, 0.3) is 0 Å². The largest absolute Gasteiger partial charge is 0.497 e. The number of halogens is 3. The highest BCUT2D eigenvalue weighted by Gasteiger charge is 2.34. The molecule has 2 aliphatic rings. The maximum absolute atomic E-state index is 12.4. The van der Waals surface area contributed by atoms with Crippen molar-refractivity contribution in [2.45, 2.75) is 69.2 Å². The maximum atomic E-state index is 12.4. The molecule has 0 spiro atoms. The Hall–Kier alpha value is -4.09. The quantitative estimate of drug-likeness (QED) is 0.264. The summed E-state index contributed by atoms with van der Waals surface area (Å²) in [6.45, 7) is -1.45. The monoisotopic (exact) mass is 587 g/mol. The van der Waals surface area contributed by atoms with Crippen molar-refractivity contribution in [2.24, 2.45) is 5.92 Å². The van der Waals surface area contributed by atoms with Crippen LogP contribution >= 0.6 is 0 Å². The van der Waals surface area contributed by atoms with Crippen molar-refractivity contribution in [3.05, 3.63) is 54.2 Å². The zero-order chi connectivity index (χ0) is 29.7. The Bertz CT molecular complexity index is 1360. The average Bonchev–Trinajstić information content (AvgIpc) is 3.81. The minimum Gasteiger partial charge on any atom is -0.497 e. The third-order valence-corrected chi connectivity index (χ3v) is 7.46. The molecule has 3 aromatic rings. The van der Waals surface area contributed by atoms with E-state index < -0.39 is 18.8 Å². The molecule has 224 valence electrons. The molecule has 2 aliphatic carbocycles. The van der Waals surface area contributed by atoms with Crippen molar-refractivity contribution in [1.29, 1.82) is 0 Å². The summed E-state index contributed by atoms with van der Waals surface area (Å²) in [7, 11) is 1.55.